The summed E-state index contributed by atoms with van der Waals surface area (Å²) in [4.78, 5) is 36.1. The van der Waals surface area contributed by atoms with Gasteiger partial charge in [-0.05, 0) is 12.1 Å². The Balaban J connectivity index is 2.17. The molecule has 1 amide bonds. The molecule has 1 aliphatic heterocycles. The highest BCUT2D eigenvalue weighted by Crippen LogP contribution is 2.22. The molecule has 5 nitrogen and oxygen atoms in total. The lowest BCUT2D eigenvalue weighted by Crippen LogP contribution is -2.26. The van der Waals surface area contributed by atoms with Crippen molar-refractivity contribution in [2.24, 2.45) is 5.92 Å². The zero-order chi connectivity index (χ0) is 15.2. The van der Waals surface area contributed by atoms with E-state index in [1.165, 1.54) is 18.2 Å². The molecule has 1 aromatic rings. The summed E-state index contributed by atoms with van der Waals surface area (Å²) in [6.45, 7) is 0. The van der Waals surface area contributed by atoms with Crippen LogP contribution in [-0.4, -0.2) is 30.2 Å². The maximum absolute atomic E-state index is 12.3. The average molecular weight is 285 g/mol. The second-order valence-electron chi connectivity index (χ2n) is 4.55. The number of ether oxygens (including phenoxy) is 1. The summed E-state index contributed by atoms with van der Waals surface area (Å²) in [5.74, 6) is -1.00. The fourth-order valence-electron chi connectivity index (χ4n) is 2.03. The van der Waals surface area contributed by atoms with Gasteiger partial charge in [0.05, 0.1) is 13.5 Å². The number of hydrogen-bond acceptors (Lipinski definition) is 4. The van der Waals surface area contributed by atoms with E-state index in [1.807, 2.05) is 6.07 Å². The second kappa shape index (κ2) is 6.65. The maximum Gasteiger partial charge on any atom is 0.306 e. The van der Waals surface area contributed by atoms with Gasteiger partial charge in [-0.2, -0.15) is 0 Å². The minimum atomic E-state index is -0.403. The monoisotopic (exact) mass is 285 g/mol. The van der Waals surface area contributed by atoms with Gasteiger partial charge in [-0.1, -0.05) is 24.3 Å². The number of aldehydes is 1. The molecule has 0 spiro atoms. The van der Waals surface area contributed by atoms with Crippen molar-refractivity contribution in [2.45, 2.75) is 6.42 Å². The molecule has 0 saturated carbocycles. The van der Waals surface area contributed by atoms with Crippen LogP contribution in [0, 0.1) is 5.92 Å². The third-order valence-corrected chi connectivity index (χ3v) is 3.20. The van der Waals surface area contributed by atoms with Crippen molar-refractivity contribution in [2.75, 3.05) is 7.11 Å². The molecule has 5 heteroatoms. The normalized spacial score (nSPS) is 17.1. The summed E-state index contributed by atoms with van der Waals surface area (Å²) in [7, 11) is 1.30. The Morgan fingerprint density at radius 1 is 1.29 bits per heavy atom. The lowest BCUT2D eigenvalue weighted by Gasteiger charge is -2.22. The summed E-state index contributed by atoms with van der Waals surface area (Å²) < 4.78 is 4.59. The molecule has 0 fully saturated rings. The minimum Gasteiger partial charge on any atom is -0.469 e. The minimum absolute atomic E-state index is 0.0743. The first-order valence-corrected chi connectivity index (χ1v) is 6.45. The molecule has 1 atom stereocenters. The van der Waals surface area contributed by atoms with Gasteiger partial charge in [0.1, 0.15) is 6.29 Å². The Morgan fingerprint density at radius 2 is 2.00 bits per heavy atom. The van der Waals surface area contributed by atoms with Crippen LogP contribution in [0.3, 0.4) is 0 Å². The number of carbonyl (C=O) groups excluding carboxylic acids is 3. The van der Waals surface area contributed by atoms with E-state index in [1.54, 1.807) is 36.5 Å². The molecular formula is C16H15NO4. The Morgan fingerprint density at radius 3 is 2.62 bits per heavy atom. The average Bonchev–Trinajstić information content (AvgIpc) is 2.55. The molecule has 2 rings (SSSR count). The Bertz CT molecular complexity index is 604. The Labute approximate surface area is 122 Å². The van der Waals surface area contributed by atoms with Crippen LogP contribution in [0.4, 0.5) is 0 Å². The third kappa shape index (κ3) is 3.45. The van der Waals surface area contributed by atoms with E-state index >= 15 is 0 Å². The molecule has 0 radical (unpaired) electrons. The van der Waals surface area contributed by atoms with E-state index in [4.69, 9.17) is 0 Å². The van der Waals surface area contributed by atoms with Crippen LogP contribution >= 0.6 is 0 Å². The number of nitrogens with zero attached hydrogens (tertiary/aromatic N) is 1. The highest BCUT2D eigenvalue weighted by Gasteiger charge is 2.22. The van der Waals surface area contributed by atoms with E-state index in [0.29, 0.717) is 17.4 Å². The van der Waals surface area contributed by atoms with Gasteiger partial charge in [-0.3, -0.25) is 19.3 Å². The van der Waals surface area contributed by atoms with Crippen LogP contribution in [-0.2, 0) is 14.3 Å². The predicted octanol–water partition coefficient (Wildman–Crippen LogP) is 1.92. The van der Waals surface area contributed by atoms with Crippen LogP contribution in [0.25, 0.3) is 0 Å². The van der Waals surface area contributed by atoms with E-state index in [0.717, 1.165) is 0 Å². The number of carbonyl (C=O) groups is 3. The first-order chi connectivity index (χ1) is 10.2. The fraction of sp³-hybridized carbons (Fsp3) is 0.188. The molecule has 21 heavy (non-hydrogen) atoms. The SMILES string of the molecule is COC(=O)C[C@@H]1C=CN(C(=O)c2ccccc2)C=C1C=O. The van der Waals surface area contributed by atoms with E-state index < -0.39 is 5.97 Å². The van der Waals surface area contributed by atoms with Gasteiger partial charge in [0, 0.05) is 29.5 Å². The topological polar surface area (TPSA) is 63.7 Å². The number of esters is 1. The maximum atomic E-state index is 12.3. The molecule has 0 bridgehead atoms. The van der Waals surface area contributed by atoms with E-state index in [-0.39, 0.29) is 18.2 Å². The van der Waals surface area contributed by atoms with Gasteiger partial charge in [0.25, 0.3) is 5.91 Å². The molecular weight excluding hydrogens is 270 g/mol. The molecule has 0 saturated heterocycles. The molecule has 0 aliphatic carbocycles. The Hall–Kier alpha value is -2.69. The van der Waals surface area contributed by atoms with Gasteiger partial charge in [-0.25, -0.2) is 0 Å². The van der Waals surface area contributed by atoms with Crippen molar-refractivity contribution in [3.63, 3.8) is 0 Å². The van der Waals surface area contributed by atoms with Crippen molar-refractivity contribution >= 4 is 18.2 Å². The van der Waals surface area contributed by atoms with Gasteiger partial charge < -0.3 is 4.74 Å². The molecule has 1 aliphatic rings. The highest BCUT2D eigenvalue weighted by molar-refractivity contribution is 5.96. The standard InChI is InChI=1S/C16H15NO4/c1-21-15(19)9-13-7-8-17(10-14(13)11-18)16(20)12-5-3-2-4-6-12/h2-8,10-11,13H,9H2,1H3/t13-/m0/s1. The zero-order valence-corrected chi connectivity index (χ0v) is 11.6. The summed E-state index contributed by atoms with van der Waals surface area (Å²) in [5, 5.41) is 0. The predicted molar refractivity (Wildman–Crippen MR) is 76.0 cm³/mol. The van der Waals surface area contributed by atoms with Crippen molar-refractivity contribution < 1.29 is 19.1 Å². The van der Waals surface area contributed by atoms with Gasteiger partial charge in [0.2, 0.25) is 0 Å². The number of hydrogen-bond donors (Lipinski definition) is 0. The summed E-state index contributed by atoms with van der Waals surface area (Å²) in [6.07, 6.45) is 5.40. The molecule has 0 aromatic heterocycles. The summed E-state index contributed by atoms with van der Waals surface area (Å²) >= 11 is 0. The van der Waals surface area contributed by atoms with Gasteiger partial charge in [-0.15, -0.1) is 0 Å². The largest absolute Gasteiger partial charge is 0.469 e. The molecule has 1 aromatic carbocycles. The summed E-state index contributed by atoms with van der Waals surface area (Å²) in [5.41, 5.74) is 0.891. The van der Waals surface area contributed by atoms with Crippen molar-refractivity contribution in [3.05, 3.63) is 59.9 Å². The molecule has 0 N–H and O–H groups in total. The quantitative estimate of drug-likeness (QED) is 0.626. The molecule has 0 unspecified atom stereocenters. The van der Waals surface area contributed by atoms with E-state index in [2.05, 4.69) is 4.74 Å². The number of amides is 1. The smallest absolute Gasteiger partial charge is 0.306 e. The fourth-order valence-corrected chi connectivity index (χ4v) is 2.03. The second-order valence-corrected chi connectivity index (χ2v) is 4.55. The first kappa shape index (κ1) is 14.7. The molecule has 108 valence electrons. The van der Waals surface area contributed by atoms with Gasteiger partial charge >= 0.3 is 5.97 Å². The van der Waals surface area contributed by atoms with Crippen LogP contribution < -0.4 is 0 Å². The van der Waals surface area contributed by atoms with Crippen molar-refractivity contribution in [3.8, 4) is 0 Å². The van der Waals surface area contributed by atoms with Crippen molar-refractivity contribution in [1.82, 2.24) is 4.90 Å². The lowest BCUT2D eigenvalue weighted by atomic mass is 9.95. The van der Waals surface area contributed by atoms with Crippen LogP contribution in [0.2, 0.25) is 0 Å². The Kier molecular flexibility index (Phi) is 4.66. The van der Waals surface area contributed by atoms with Crippen LogP contribution in [0.5, 0.6) is 0 Å². The van der Waals surface area contributed by atoms with Crippen LogP contribution in [0.1, 0.15) is 16.8 Å². The number of rotatable bonds is 4. The first-order valence-electron chi connectivity index (χ1n) is 6.45. The lowest BCUT2D eigenvalue weighted by molar-refractivity contribution is -0.141. The third-order valence-electron chi connectivity index (χ3n) is 3.20. The summed E-state index contributed by atoms with van der Waals surface area (Å²) in [6, 6.07) is 8.76. The van der Waals surface area contributed by atoms with E-state index in [9.17, 15) is 14.4 Å². The highest BCUT2D eigenvalue weighted by atomic mass is 16.5. The van der Waals surface area contributed by atoms with Crippen LogP contribution in [0.15, 0.2) is 54.4 Å². The van der Waals surface area contributed by atoms with Gasteiger partial charge in [0.15, 0.2) is 0 Å². The number of allylic oxidation sites excluding steroid dienone is 2. The zero-order valence-electron chi connectivity index (χ0n) is 11.6. The molecule has 1 heterocycles. The number of methoxy groups -OCH3 is 1. The van der Waals surface area contributed by atoms with Crippen molar-refractivity contribution in [1.29, 1.82) is 0 Å². The number of benzene rings is 1.